The molecule has 0 radical (unpaired) electrons. The molecule has 8 nitrogen and oxygen atoms in total. The summed E-state index contributed by atoms with van der Waals surface area (Å²) in [5, 5.41) is 14.9. The summed E-state index contributed by atoms with van der Waals surface area (Å²) in [7, 11) is 0. The van der Waals surface area contributed by atoms with E-state index in [2.05, 4.69) is 20.7 Å². The van der Waals surface area contributed by atoms with Crippen molar-refractivity contribution in [3.05, 3.63) is 94.8 Å². The summed E-state index contributed by atoms with van der Waals surface area (Å²) >= 11 is 5.89. The lowest BCUT2D eigenvalue weighted by atomic mass is 10.1. The van der Waals surface area contributed by atoms with E-state index in [1.165, 1.54) is 43.3 Å². The quantitative estimate of drug-likeness (QED) is 0.310. The Morgan fingerprint density at radius 1 is 1.03 bits per heavy atom. The first-order valence-electron chi connectivity index (χ1n) is 11.6. The molecule has 0 fully saturated rings. The third kappa shape index (κ3) is 6.77. The second-order valence-corrected chi connectivity index (χ2v) is 8.89. The zero-order chi connectivity index (χ0) is 28.2. The van der Waals surface area contributed by atoms with Crippen LogP contribution in [0, 0.1) is 5.82 Å². The maximum absolute atomic E-state index is 13.9. The van der Waals surface area contributed by atoms with Gasteiger partial charge in [0.15, 0.2) is 0 Å². The highest BCUT2D eigenvalue weighted by molar-refractivity contribution is 6.30. The molecule has 39 heavy (non-hydrogen) atoms. The molecular formula is C26H21ClF4N6O2. The molecule has 0 aliphatic rings. The summed E-state index contributed by atoms with van der Waals surface area (Å²) in [6.07, 6.45) is -4.80. The lowest BCUT2D eigenvalue weighted by molar-refractivity contribution is -0.137. The van der Waals surface area contributed by atoms with Crippen LogP contribution in [0.2, 0.25) is 5.02 Å². The molecule has 4 rings (SSSR count). The molecule has 1 heterocycles. The number of para-hydroxylation sites is 1. The van der Waals surface area contributed by atoms with Crippen LogP contribution in [0.15, 0.2) is 72.8 Å². The topological polar surface area (TPSA) is 93.0 Å². The largest absolute Gasteiger partial charge is 0.418 e. The molecule has 2 amide bonds. The van der Waals surface area contributed by atoms with E-state index in [0.29, 0.717) is 16.1 Å². The summed E-state index contributed by atoms with van der Waals surface area (Å²) in [5.41, 5.74) is -0.472. The van der Waals surface area contributed by atoms with E-state index >= 15 is 0 Å². The third-order valence-corrected chi connectivity index (χ3v) is 5.97. The Morgan fingerprint density at radius 3 is 2.36 bits per heavy atom. The number of halogens is 5. The number of hydrogen-bond acceptors (Lipinski definition) is 5. The van der Waals surface area contributed by atoms with Crippen molar-refractivity contribution in [3.8, 4) is 11.4 Å². The van der Waals surface area contributed by atoms with Crippen molar-refractivity contribution >= 4 is 29.1 Å². The number of hydrogen-bond donors (Lipinski definition) is 1. The molecule has 3 aromatic carbocycles. The fourth-order valence-electron chi connectivity index (χ4n) is 3.76. The number of tetrazole rings is 1. The fourth-order valence-corrected chi connectivity index (χ4v) is 3.89. The highest BCUT2D eigenvalue weighted by Gasteiger charge is 2.38. The van der Waals surface area contributed by atoms with Gasteiger partial charge in [-0.3, -0.25) is 14.5 Å². The zero-order valence-electron chi connectivity index (χ0n) is 20.4. The number of alkyl halides is 3. The van der Waals surface area contributed by atoms with Gasteiger partial charge in [-0.25, -0.2) is 4.39 Å². The first kappa shape index (κ1) is 27.7. The highest BCUT2D eigenvalue weighted by Crippen LogP contribution is 2.37. The van der Waals surface area contributed by atoms with Crippen molar-refractivity contribution in [1.29, 1.82) is 0 Å². The lowest BCUT2D eigenvalue weighted by Gasteiger charge is -2.30. The Morgan fingerprint density at radius 2 is 1.69 bits per heavy atom. The van der Waals surface area contributed by atoms with Crippen LogP contribution in [0.1, 0.15) is 18.1 Å². The average Bonchev–Trinajstić information content (AvgIpc) is 3.36. The van der Waals surface area contributed by atoms with Gasteiger partial charge in [-0.15, -0.1) is 10.2 Å². The number of carbonyl (C=O) groups excluding carboxylic acids is 2. The summed E-state index contributed by atoms with van der Waals surface area (Å²) in [6.45, 7) is 0.683. The maximum Gasteiger partial charge on any atom is 0.418 e. The Hall–Kier alpha value is -4.32. The molecule has 0 bridgehead atoms. The van der Waals surface area contributed by atoms with Crippen LogP contribution >= 0.6 is 11.6 Å². The van der Waals surface area contributed by atoms with Crippen LogP contribution in [-0.2, 0) is 28.9 Å². The number of rotatable bonds is 8. The van der Waals surface area contributed by atoms with Gasteiger partial charge < -0.3 is 5.32 Å². The van der Waals surface area contributed by atoms with Crippen LogP contribution in [0.25, 0.3) is 11.4 Å². The molecule has 0 aliphatic heterocycles. The summed E-state index contributed by atoms with van der Waals surface area (Å²) in [6, 6.07) is 14.9. The van der Waals surface area contributed by atoms with Gasteiger partial charge in [-0.1, -0.05) is 35.9 Å². The number of amides is 2. The minimum atomic E-state index is -4.80. The van der Waals surface area contributed by atoms with Crippen molar-refractivity contribution in [2.75, 3.05) is 4.90 Å². The van der Waals surface area contributed by atoms with Crippen LogP contribution in [0.3, 0.4) is 0 Å². The smallest absolute Gasteiger partial charge is 0.350 e. The van der Waals surface area contributed by atoms with Crippen molar-refractivity contribution in [2.45, 2.75) is 32.2 Å². The van der Waals surface area contributed by atoms with E-state index in [-0.39, 0.29) is 12.4 Å². The monoisotopic (exact) mass is 560 g/mol. The van der Waals surface area contributed by atoms with E-state index in [0.717, 1.165) is 21.8 Å². The molecule has 1 aromatic heterocycles. The number of nitrogens with one attached hydrogen (secondary N) is 1. The number of nitrogens with zero attached hydrogens (tertiary/aromatic N) is 5. The Bertz CT molecular complexity index is 1460. The van der Waals surface area contributed by atoms with Crippen LogP contribution < -0.4 is 10.2 Å². The standard InChI is InChI=1S/C26H21ClF4N6O2/c1-16(25(39)32-14-17-6-12-20(28)13-7-17)37(22-5-3-2-4-21(22)26(29,30)31)23(38)15-36-34-24(33-35-36)18-8-10-19(27)11-9-18/h2-13,16H,14-15H2,1H3,(H,32,39)/t16-/m1/s1. The van der Waals surface area contributed by atoms with Crippen LogP contribution in [-0.4, -0.2) is 38.1 Å². The van der Waals surface area contributed by atoms with Gasteiger partial charge in [0.05, 0.1) is 11.3 Å². The van der Waals surface area contributed by atoms with Crippen molar-refractivity contribution < 1.29 is 27.2 Å². The number of benzene rings is 3. The van der Waals surface area contributed by atoms with E-state index in [1.807, 2.05) is 0 Å². The second kappa shape index (κ2) is 11.6. The molecule has 1 N–H and O–H groups in total. The zero-order valence-corrected chi connectivity index (χ0v) is 21.1. The first-order chi connectivity index (χ1) is 18.5. The fraction of sp³-hybridized carbons (Fsp3) is 0.192. The summed E-state index contributed by atoms with van der Waals surface area (Å²) < 4.78 is 54.8. The van der Waals surface area contributed by atoms with E-state index in [4.69, 9.17) is 11.6 Å². The third-order valence-electron chi connectivity index (χ3n) is 5.72. The Kier molecular flexibility index (Phi) is 8.24. The molecule has 0 unspecified atom stereocenters. The van der Waals surface area contributed by atoms with Gasteiger partial charge in [0.1, 0.15) is 18.4 Å². The minimum Gasteiger partial charge on any atom is -0.350 e. The van der Waals surface area contributed by atoms with E-state index < -0.39 is 47.6 Å². The van der Waals surface area contributed by atoms with Crippen molar-refractivity contribution in [3.63, 3.8) is 0 Å². The maximum atomic E-state index is 13.9. The SMILES string of the molecule is C[C@H](C(=O)NCc1ccc(F)cc1)N(C(=O)Cn1nnc(-c2ccc(Cl)cc2)n1)c1ccccc1C(F)(F)F. The van der Waals surface area contributed by atoms with Crippen molar-refractivity contribution in [2.24, 2.45) is 0 Å². The first-order valence-corrected chi connectivity index (χ1v) is 11.9. The lowest BCUT2D eigenvalue weighted by Crippen LogP contribution is -2.50. The molecule has 4 aromatic rings. The van der Waals surface area contributed by atoms with Gasteiger partial charge >= 0.3 is 6.18 Å². The van der Waals surface area contributed by atoms with Gasteiger partial charge in [-0.05, 0) is 66.2 Å². The number of anilines is 1. The molecule has 202 valence electrons. The number of aromatic nitrogens is 4. The predicted octanol–water partition coefficient (Wildman–Crippen LogP) is 4.89. The van der Waals surface area contributed by atoms with Crippen LogP contribution in [0.4, 0.5) is 23.2 Å². The molecule has 0 spiro atoms. The van der Waals surface area contributed by atoms with Crippen molar-refractivity contribution in [1.82, 2.24) is 25.5 Å². The summed E-state index contributed by atoms with van der Waals surface area (Å²) in [5.74, 6) is -1.89. The molecule has 13 heteroatoms. The van der Waals surface area contributed by atoms with E-state index in [9.17, 15) is 27.2 Å². The minimum absolute atomic E-state index is 0.0263. The summed E-state index contributed by atoms with van der Waals surface area (Å²) in [4.78, 5) is 28.1. The van der Waals surface area contributed by atoms with Gasteiger partial charge in [0.2, 0.25) is 11.7 Å². The molecule has 0 aliphatic carbocycles. The normalized spacial score (nSPS) is 12.2. The highest BCUT2D eigenvalue weighted by atomic mass is 35.5. The second-order valence-electron chi connectivity index (χ2n) is 8.45. The van der Waals surface area contributed by atoms with Gasteiger partial charge in [-0.2, -0.15) is 18.0 Å². The molecular weight excluding hydrogens is 540 g/mol. The molecule has 0 saturated heterocycles. The average molecular weight is 561 g/mol. The molecule has 1 atom stereocenters. The van der Waals surface area contributed by atoms with Gasteiger partial charge in [0.25, 0.3) is 5.91 Å². The van der Waals surface area contributed by atoms with Gasteiger partial charge in [0, 0.05) is 17.1 Å². The molecule has 0 saturated carbocycles. The van der Waals surface area contributed by atoms with Crippen LogP contribution in [0.5, 0.6) is 0 Å². The van der Waals surface area contributed by atoms with E-state index in [1.54, 1.807) is 24.3 Å². The Balaban J connectivity index is 1.60. The number of carbonyl (C=O) groups is 2. The Labute approximate surface area is 225 Å². The predicted molar refractivity (Wildman–Crippen MR) is 135 cm³/mol.